The van der Waals surface area contributed by atoms with Gasteiger partial charge < -0.3 is 24.7 Å². The fraction of sp³-hybridized carbons (Fsp3) is 0.458. The summed E-state index contributed by atoms with van der Waals surface area (Å²) in [4.78, 5) is 42.2. The Morgan fingerprint density at radius 3 is 2.33 bits per heavy atom. The first-order valence-corrected chi connectivity index (χ1v) is 29.0. The van der Waals surface area contributed by atoms with Gasteiger partial charge in [0.15, 0.2) is 0 Å². The number of nitrogens with zero attached hydrogens (tertiary/aromatic N) is 6. The van der Waals surface area contributed by atoms with Gasteiger partial charge in [-0.15, -0.1) is 0 Å². The van der Waals surface area contributed by atoms with Crippen molar-refractivity contribution in [2.75, 3.05) is 75.8 Å². The number of nitro benzene ring substituents is 1. The van der Waals surface area contributed by atoms with Gasteiger partial charge in [-0.2, -0.15) is 0 Å². The minimum absolute atomic E-state index is 0.0952. The summed E-state index contributed by atoms with van der Waals surface area (Å²) in [7, 11) is -4.78. The number of piperazine rings is 1. The van der Waals surface area contributed by atoms with Crippen LogP contribution in [0.4, 0.5) is 25.8 Å². The third-order valence-corrected chi connectivity index (χ3v) is 18.4. The molecule has 78 heavy (non-hydrogen) atoms. The Morgan fingerprint density at radius 2 is 1.62 bits per heavy atom. The van der Waals surface area contributed by atoms with Crippen molar-refractivity contribution >= 4 is 44.0 Å². The highest BCUT2D eigenvalue weighted by atomic mass is 32.2. The van der Waals surface area contributed by atoms with E-state index in [1.807, 2.05) is 9.62 Å². The molecule has 16 nitrogen and oxygen atoms in total. The number of sulfonamides is 1. The summed E-state index contributed by atoms with van der Waals surface area (Å²) in [5.41, 5.74) is 3.62. The maximum absolute atomic E-state index is 16.6. The number of rotatable bonds is 17. The van der Waals surface area contributed by atoms with Crippen LogP contribution in [0.15, 0.2) is 108 Å². The van der Waals surface area contributed by atoms with Gasteiger partial charge in [-0.3, -0.25) is 29.6 Å². The topological polar surface area (TPSA) is 179 Å². The predicted molar refractivity (Wildman–Crippen MR) is 296 cm³/mol. The molecule has 1 aliphatic carbocycles. The van der Waals surface area contributed by atoms with E-state index in [1.54, 1.807) is 18.3 Å². The van der Waals surface area contributed by atoms with Crippen LogP contribution in [0.5, 0.6) is 11.5 Å². The van der Waals surface area contributed by atoms with Gasteiger partial charge in [0, 0.05) is 114 Å². The lowest BCUT2D eigenvalue weighted by atomic mass is 9.59. The molecule has 4 aromatic carbocycles. The summed E-state index contributed by atoms with van der Waals surface area (Å²) in [5, 5.41) is 15.6. The molecule has 1 unspecified atom stereocenters. The van der Waals surface area contributed by atoms with E-state index in [-0.39, 0.29) is 66.9 Å². The highest BCUT2D eigenvalue weighted by Crippen LogP contribution is 2.54. The van der Waals surface area contributed by atoms with Gasteiger partial charge >= 0.3 is 0 Å². The average Bonchev–Trinajstić information content (AvgIpc) is 4.18. The minimum atomic E-state index is -4.78. The van der Waals surface area contributed by atoms with Crippen molar-refractivity contribution in [3.8, 4) is 11.5 Å². The van der Waals surface area contributed by atoms with Gasteiger partial charge in [-0.05, 0) is 116 Å². The SMILES string of the molecule is CC(C)c1ccccc1C1CN(Cc2ccc(CN3CCCC3)cc2)CCN1C1CC2(CCN(c3cc(Oc4cnc5[nH]ccc5c4)c(C(=O)NS(=O)(=O)c4ccc(NCC5(F)CCOCC5)c([N+](=O)[O-])c4)cc3F)CC2)C1. The zero-order chi connectivity index (χ0) is 54.2. The van der Waals surface area contributed by atoms with E-state index in [9.17, 15) is 23.3 Å². The van der Waals surface area contributed by atoms with Gasteiger partial charge in [-0.25, -0.2) is 26.9 Å². The number of fused-ring (bicyclic) bond motifs is 1. The summed E-state index contributed by atoms with van der Waals surface area (Å²) < 4.78 is 73.1. The lowest BCUT2D eigenvalue weighted by molar-refractivity contribution is -0.384. The van der Waals surface area contributed by atoms with E-state index in [0.29, 0.717) is 36.1 Å². The summed E-state index contributed by atoms with van der Waals surface area (Å²) in [6, 6.07) is 27.8. The van der Waals surface area contributed by atoms with Crippen molar-refractivity contribution in [3.63, 3.8) is 0 Å². The van der Waals surface area contributed by atoms with E-state index >= 15 is 8.78 Å². The quantitative estimate of drug-likeness (QED) is 0.0581. The number of carbonyl (C=O) groups is 1. The summed E-state index contributed by atoms with van der Waals surface area (Å²) in [5.74, 6) is -1.46. The molecule has 4 aliphatic heterocycles. The van der Waals surface area contributed by atoms with Crippen molar-refractivity contribution in [2.45, 2.75) is 107 Å². The van der Waals surface area contributed by atoms with Crippen LogP contribution in [0.25, 0.3) is 11.0 Å². The number of alkyl halides is 1. The van der Waals surface area contributed by atoms with Crippen LogP contribution in [0, 0.1) is 21.3 Å². The third kappa shape index (κ3) is 11.6. The first-order valence-electron chi connectivity index (χ1n) is 27.5. The number of nitro groups is 1. The largest absolute Gasteiger partial charge is 0.455 e. The molecule has 11 rings (SSSR count). The second kappa shape index (κ2) is 22.3. The van der Waals surface area contributed by atoms with Crippen molar-refractivity contribution in [1.29, 1.82) is 0 Å². The molecule has 4 saturated heterocycles. The standard InChI is InChI=1S/C59H69F2N9O7S/c1-40(2)47-7-3-4-8-48(47)54-38-67(37-42-11-9-41(10-12-42)36-66-21-5-6-22-66)25-26-69(54)44-33-58(34-44)16-23-68(24-17-58)52-32-55(77-45-29-43-15-20-62-56(43)63-35-45)49(31-50(52)60)57(71)65-78(74,75)46-13-14-51(53(30-46)70(72)73)64-39-59(61)18-27-76-28-19-59/h3-4,7-15,20,29-32,35,40,44,54,64H,5-6,16-19,21-28,33-34,36-39H2,1-2H3,(H,62,63)(H,65,71). The summed E-state index contributed by atoms with van der Waals surface area (Å²) >= 11 is 0. The number of ether oxygens (including phenoxy) is 2. The average molecular weight is 1090 g/mol. The Hall–Kier alpha value is -6.51. The first-order chi connectivity index (χ1) is 37.6. The number of amides is 1. The van der Waals surface area contributed by atoms with Crippen LogP contribution in [-0.2, 0) is 27.8 Å². The summed E-state index contributed by atoms with van der Waals surface area (Å²) in [6.45, 7) is 13.1. The highest BCUT2D eigenvalue weighted by Gasteiger charge is 2.50. The Bertz CT molecular complexity index is 3260. The molecule has 0 bridgehead atoms. The number of carbonyl (C=O) groups excluding carboxylic acids is 1. The second-order valence-corrected chi connectivity index (χ2v) is 24.3. The van der Waals surface area contributed by atoms with Crippen LogP contribution in [0.3, 0.4) is 0 Å². The molecule has 1 amide bonds. The number of hydrogen-bond donors (Lipinski definition) is 3. The van der Waals surface area contributed by atoms with Crippen LogP contribution < -0.4 is 19.7 Å². The van der Waals surface area contributed by atoms with Gasteiger partial charge in [0.25, 0.3) is 21.6 Å². The fourth-order valence-electron chi connectivity index (χ4n) is 12.6. The second-order valence-electron chi connectivity index (χ2n) is 22.6. The first kappa shape index (κ1) is 53.5. The van der Waals surface area contributed by atoms with Crippen LogP contribution in [0.1, 0.15) is 110 Å². The number of hydrogen-bond acceptors (Lipinski definition) is 13. The normalized spacial score (nSPS) is 20.3. The van der Waals surface area contributed by atoms with E-state index < -0.39 is 48.5 Å². The van der Waals surface area contributed by atoms with Crippen molar-refractivity contribution in [1.82, 2.24) is 29.4 Å². The van der Waals surface area contributed by atoms with Gasteiger partial charge in [0.1, 0.15) is 34.3 Å². The molecule has 3 N–H and O–H groups in total. The molecular formula is C59H69F2N9O7S. The molecule has 1 atom stereocenters. The number of piperidine rings is 1. The molecule has 412 valence electrons. The Kier molecular flexibility index (Phi) is 15.3. The molecule has 5 fully saturated rings. The molecule has 19 heteroatoms. The number of aromatic amines is 1. The van der Waals surface area contributed by atoms with Crippen LogP contribution in [-0.4, -0.2) is 121 Å². The molecule has 1 saturated carbocycles. The molecule has 0 radical (unpaired) electrons. The number of aromatic nitrogens is 2. The molecular weight excluding hydrogens is 1020 g/mol. The number of benzene rings is 4. The lowest BCUT2D eigenvalue weighted by Crippen LogP contribution is -2.60. The van der Waals surface area contributed by atoms with E-state index in [1.165, 1.54) is 60.4 Å². The Morgan fingerprint density at radius 1 is 0.897 bits per heavy atom. The van der Waals surface area contributed by atoms with Crippen LogP contribution in [0.2, 0.25) is 0 Å². The van der Waals surface area contributed by atoms with Gasteiger partial charge in [0.05, 0.1) is 27.3 Å². The number of nitrogens with one attached hydrogen (secondary N) is 3. The molecule has 6 heterocycles. The molecule has 5 aliphatic rings. The summed E-state index contributed by atoms with van der Waals surface area (Å²) in [6.07, 6.45) is 9.73. The minimum Gasteiger partial charge on any atom is -0.455 e. The van der Waals surface area contributed by atoms with Crippen molar-refractivity contribution in [3.05, 3.63) is 147 Å². The van der Waals surface area contributed by atoms with Gasteiger partial charge in [-0.1, -0.05) is 62.4 Å². The zero-order valence-electron chi connectivity index (χ0n) is 44.4. The highest BCUT2D eigenvalue weighted by molar-refractivity contribution is 7.90. The zero-order valence-corrected chi connectivity index (χ0v) is 45.2. The van der Waals surface area contributed by atoms with Gasteiger partial charge in [0.2, 0.25) is 0 Å². The third-order valence-electron chi connectivity index (χ3n) is 17.1. The maximum atomic E-state index is 16.6. The number of halogens is 2. The Balaban J connectivity index is 0.783. The smallest absolute Gasteiger partial charge is 0.293 e. The van der Waals surface area contributed by atoms with E-state index in [4.69, 9.17) is 9.47 Å². The van der Waals surface area contributed by atoms with Crippen LogP contribution >= 0.6 is 0 Å². The van der Waals surface area contributed by atoms with E-state index in [0.717, 1.165) is 82.7 Å². The lowest BCUT2D eigenvalue weighted by Gasteiger charge is -2.58. The monoisotopic (exact) mass is 1090 g/mol. The molecule has 1 spiro atoms. The van der Waals surface area contributed by atoms with Crippen molar-refractivity contribution in [2.24, 2.45) is 5.41 Å². The maximum Gasteiger partial charge on any atom is 0.293 e. The number of anilines is 2. The predicted octanol–water partition coefficient (Wildman–Crippen LogP) is 10.5. The molecule has 6 aromatic rings. The number of H-pyrrole nitrogens is 1. The fourth-order valence-corrected chi connectivity index (χ4v) is 13.6. The Labute approximate surface area is 454 Å². The van der Waals surface area contributed by atoms with E-state index in [2.05, 4.69) is 92.4 Å². The molecule has 2 aromatic heterocycles. The number of likely N-dealkylation sites (tertiary alicyclic amines) is 1. The number of pyridine rings is 1. The van der Waals surface area contributed by atoms with Crippen molar-refractivity contribution < 1.29 is 36.4 Å².